The van der Waals surface area contributed by atoms with Crippen molar-refractivity contribution in [2.24, 2.45) is 0 Å². The van der Waals surface area contributed by atoms with Gasteiger partial charge in [-0.1, -0.05) is 18.2 Å². The SMILES string of the molecule is Cc1nccc(CNCCOc2ccccc2)n1. The molecule has 0 aliphatic rings. The Morgan fingerprint density at radius 2 is 2.00 bits per heavy atom. The average Bonchev–Trinajstić information content (AvgIpc) is 2.40. The minimum atomic E-state index is 0.647. The van der Waals surface area contributed by atoms with Gasteiger partial charge in [0, 0.05) is 19.3 Å². The van der Waals surface area contributed by atoms with E-state index in [0.717, 1.165) is 30.4 Å². The average molecular weight is 243 g/mol. The van der Waals surface area contributed by atoms with E-state index < -0.39 is 0 Å². The van der Waals surface area contributed by atoms with Crippen LogP contribution in [0.25, 0.3) is 0 Å². The minimum Gasteiger partial charge on any atom is -0.492 e. The highest BCUT2D eigenvalue weighted by atomic mass is 16.5. The normalized spacial score (nSPS) is 10.3. The van der Waals surface area contributed by atoms with Crippen molar-refractivity contribution in [3.63, 3.8) is 0 Å². The van der Waals surface area contributed by atoms with Crippen LogP contribution in [0, 0.1) is 6.92 Å². The third-order valence-electron chi connectivity index (χ3n) is 2.43. The molecule has 2 rings (SSSR count). The summed E-state index contributed by atoms with van der Waals surface area (Å²) in [6, 6.07) is 11.7. The molecule has 0 spiro atoms. The third kappa shape index (κ3) is 4.14. The summed E-state index contributed by atoms with van der Waals surface area (Å²) in [6.45, 7) is 4.07. The molecule has 18 heavy (non-hydrogen) atoms. The molecular weight excluding hydrogens is 226 g/mol. The molecule has 0 amide bonds. The molecule has 1 heterocycles. The monoisotopic (exact) mass is 243 g/mol. The highest BCUT2D eigenvalue weighted by Crippen LogP contribution is 2.07. The number of hydrogen-bond donors (Lipinski definition) is 1. The first kappa shape index (κ1) is 12.5. The largest absolute Gasteiger partial charge is 0.492 e. The lowest BCUT2D eigenvalue weighted by atomic mass is 10.3. The maximum Gasteiger partial charge on any atom is 0.125 e. The van der Waals surface area contributed by atoms with Crippen LogP contribution in [0.3, 0.4) is 0 Å². The Balaban J connectivity index is 1.65. The molecule has 4 heteroatoms. The van der Waals surface area contributed by atoms with E-state index in [1.807, 2.05) is 43.3 Å². The lowest BCUT2D eigenvalue weighted by Crippen LogP contribution is -2.21. The predicted molar refractivity (Wildman–Crippen MR) is 70.4 cm³/mol. The Kier molecular flexibility index (Phi) is 4.67. The molecule has 0 saturated heterocycles. The number of nitrogens with one attached hydrogen (secondary N) is 1. The van der Waals surface area contributed by atoms with Gasteiger partial charge in [-0.3, -0.25) is 0 Å². The smallest absolute Gasteiger partial charge is 0.125 e. The molecule has 1 aromatic carbocycles. The lowest BCUT2D eigenvalue weighted by molar-refractivity contribution is 0.313. The summed E-state index contributed by atoms with van der Waals surface area (Å²) in [7, 11) is 0. The van der Waals surface area contributed by atoms with E-state index in [1.165, 1.54) is 0 Å². The summed E-state index contributed by atoms with van der Waals surface area (Å²) in [5.41, 5.74) is 1.00. The number of benzene rings is 1. The van der Waals surface area contributed by atoms with E-state index in [2.05, 4.69) is 15.3 Å². The third-order valence-corrected chi connectivity index (χ3v) is 2.43. The van der Waals surface area contributed by atoms with Gasteiger partial charge in [-0.2, -0.15) is 0 Å². The molecule has 4 nitrogen and oxygen atoms in total. The van der Waals surface area contributed by atoms with Crippen LogP contribution in [0.5, 0.6) is 5.75 Å². The first-order chi connectivity index (χ1) is 8.84. The molecule has 0 fully saturated rings. The van der Waals surface area contributed by atoms with Crippen LogP contribution in [0.4, 0.5) is 0 Å². The molecule has 0 radical (unpaired) electrons. The summed E-state index contributed by atoms with van der Waals surface area (Å²) < 4.78 is 5.57. The van der Waals surface area contributed by atoms with Crippen LogP contribution in [0.2, 0.25) is 0 Å². The van der Waals surface area contributed by atoms with Crippen molar-refractivity contribution in [3.8, 4) is 5.75 Å². The van der Waals surface area contributed by atoms with Crippen LogP contribution < -0.4 is 10.1 Å². The standard InChI is InChI=1S/C14H17N3O/c1-12-16-8-7-13(17-12)11-15-9-10-18-14-5-3-2-4-6-14/h2-8,15H,9-11H2,1H3. The van der Waals surface area contributed by atoms with Crippen molar-refractivity contribution in [2.75, 3.05) is 13.2 Å². The molecule has 0 atom stereocenters. The van der Waals surface area contributed by atoms with Gasteiger partial charge in [0.05, 0.1) is 5.69 Å². The summed E-state index contributed by atoms with van der Waals surface area (Å²) in [4.78, 5) is 8.37. The van der Waals surface area contributed by atoms with Gasteiger partial charge in [0.1, 0.15) is 18.2 Å². The zero-order valence-corrected chi connectivity index (χ0v) is 10.5. The highest BCUT2D eigenvalue weighted by molar-refractivity contribution is 5.20. The number of ether oxygens (including phenoxy) is 1. The molecule has 0 unspecified atom stereocenters. The second-order valence-electron chi connectivity index (χ2n) is 3.93. The fraction of sp³-hybridized carbons (Fsp3) is 0.286. The molecule has 1 N–H and O–H groups in total. The Labute approximate surface area is 107 Å². The Hall–Kier alpha value is -1.94. The van der Waals surface area contributed by atoms with E-state index in [9.17, 15) is 0 Å². The van der Waals surface area contributed by atoms with E-state index >= 15 is 0 Å². The molecular formula is C14H17N3O. The summed E-state index contributed by atoms with van der Waals surface area (Å²) >= 11 is 0. The number of aryl methyl sites for hydroxylation is 1. The topological polar surface area (TPSA) is 47.0 Å². The minimum absolute atomic E-state index is 0.647. The van der Waals surface area contributed by atoms with Crippen LogP contribution >= 0.6 is 0 Å². The van der Waals surface area contributed by atoms with Gasteiger partial charge in [0.15, 0.2) is 0 Å². The molecule has 2 aromatic rings. The maximum atomic E-state index is 5.57. The molecule has 1 aromatic heterocycles. The van der Waals surface area contributed by atoms with Gasteiger partial charge in [-0.15, -0.1) is 0 Å². The Morgan fingerprint density at radius 1 is 1.17 bits per heavy atom. The summed E-state index contributed by atoms with van der Waals surface area (Å²) in [5, 5.41) is 3.28. The number of para-hydroxylation sites is 1. The van der Waals surface area contributed by atoms with Crippen molar-refractivity contribution in [3.05, 3.63) is 54.1 Å². The molecule has 0 saturated carbocycles. The van der Waals surface area contributed by atoms with E-state index in [-0.39, 0.29) is 0 Å². The number of nitrogens with zero attached hydrogens (tertiary/aromatic N) is 2. The number of aromatic nitrogens is 2. The van der Waals surface area contributed by atoms with Crippen molar-refractivity contribution in [1.82, 2.24) is 15.3 Å². The summed E-state index contributed by atoms with van der Waals surface area (Å²) in [5.74, 6) is 1.70. The molecule has 0 aliphatic carbocycles. The van der Waals surface area contributed by atoms with Gasteiger partial charge in [-0.05, 0) is 25.1 Å². The van der Waals surface area contributed by atoms with Crippen LogP contribution in [0.15, 0.2) is 42.6 Å². The highest BCUT2D eigenvalue weighted by Gasteiger charge is 1.95. The van der Waals surface area contributed by atoms with Crippen molar-refractivity contribution in [1.29, 1.82) is 0 Å². The fourth-order valence-electron chi connectivity index (χ4n) is 1.58. The number of hydrogen-bond acceptors (Lipinski definition) is 4. The zero-order valence-electron chi connectivity index (χ0n) is 10.5. The quantitative estimate of drug-likeness (QED) is 0.788. The van der Waals surface area contributed by atoms with Crippen molar-refractivity contribution >= 4 is 0 Å². The fourth-order valence-corrected chi connectivity index (χ4v) is 1.58. The van der Waals surface area contributed by atoms with E-state index in [4.69, 9.17) is 4.74 Å². The van der Waals surface area contributed by atoms with E-state index in [1.54, 1.807) is 6.20 Å². The first-order valence-electron chi connectivity index (χ1n) is 6.02. The predicted octanol–water partition coefficient (Wildman–Crippen LogP) is 1.95. The van der Waals surface area contributed by atoms with Crippen LogP contribution in [0.1, 0.15) is 11.5 Å². The van der Waals surface area contributed by atoms with Crippen molar-refractivity contribution < 1.29 is 4.74 Å². The van der Waals surface area contributed by atoms with Crippen LogP contribution in [-0.2, 0) is 6.54 Å². The van der Waals surface area contributed by atoms with E-state index in [0.29, 0.717) is 6.61 Å². The second-order valence-corrected chi connectivity index (χ2v) is 3.93. The Bertz CT molecular complexity index is 473. The lowest BCUT2D eigenvalue weighted by Gasteiger charge is -2.07. The molecule has 94 valence electrons. The van der Waals surface area contributed by atoms with Gasteiger partial charge >= 0.3 is 0 Å². The zero-order chi connectivity index (χ0) is 12.6. The first-order valence-corrected chi connectivity index (χ1v) is 6.02. The van der Waals surface area contributed by atoms with Crippen LogP contribution in [-0.4, -0.2) is 23.1 Å². The second kappa shape index (κ2) is 6.71. The number of rotatable bonds is 6. The van der Waals surface area contributed by atoms with Gasteiger partial charge in [-0.25, -0.2) is 9.97 Å². The molecule has 0 bridgehead atoms. The van der Waals surface area contributed by atoms with Crippen molar-refractivity contribution in [2.45, 2.75) is 13.5 Å². The van der Waals surface area contributed by atoms with Gasteiger partial charge < -0.3 is 10.1 Å². The molecule has 0 aliphatic heterocycles. The van der Waals surface area contributed by atoms with Gasteiger partial charge in [0.2, 0.25) is 0 Å². The summed E-state index contributed by atoms with van der Waals surface area (Å²) in [6.07, 6.45) is 1.78. The Morgan fingerprint density at radius 3 is 2.78 bits per heavy atom. The van der Waals surface area contributed by atoms with Gasteiger partial charge in [0.25, 0.3) is 0 Å². The maximum absolute atomic E-state index is 5.57.